The number of halogens is 1. The van der Waals surface area contributed by atoms with E-state index in [-0.39, 0.29) is 18.3 Å². The van der Waals surface area contributed by atoms with Gasteiger partial charge in [-0.05, 0) is 25.3 Å². The molecule has 2 aromatic heterocycles. The fourth-order valence-electron chi connectivity index (χ4n) is 2.49. The molecule has 0 spiro atoms. The Morgan fingerprint density at radius 1 is 1.52 bits per heavy atom. The van der Waals surface area contributed by atoms with Gasteiger partial charge in [0.2, 0.25) is 16.0 Å². The van der Waals surface area contributed by atoms with Gasteiger partial charge < -0.3 is 10.8 Å². The highest BCUT2D eigenvalue weighted by Crippen LogP contribution is 2.19. The summed E-state index contributed by atoms with van der Waals surface area (Å²) in [5, 5.41) is 13.0. The Balaban J connectivity index is 0.000000186. The molecule has 1 atom stereocenters. The van der Waals surface area contributed by atoms with Gasteiger partial charge in [0, 0.05) is 19.2 Å². The second-order valence-electron chi connectivity index (χ2n) is 5.99. The number of rotatable bonds is 2. The van der Waals surface area contributed by atoms with Crippen LogP contribution in [0.5, 0.6) is 0 Å². The molecular weight excluding hydrogens is 349 g/mol. The lowest BCUT2D eigenvalue weighted by Crippen LogP contribution is -2.41. The Morgan fingerprint density at radius 3 is 2.72 bits per heavy atom. The van der Waals surface area contributed by atoms with E-state index in [2.05, 4.69) is 16.7 Å². The number of nitrogens with zero attached hydrogens (tertiary/aromatic N) is 4. The van der Waals surface area contributed by atoms with Gasteiger partial charge in [0.25, 0.3) is 0 Å². The van der Waals surface area contributed by atoms with Crippen molar-refractivity contribution in [2.24, 2.45) is 0 Å². The molecule has 3 rings (SSSR count). The molecule has 0 aromatic carbocycles. The van der Waals surface area contributed by atoms with Crippen molar-refractivity contribution < 1.29 is 17.9 Å². The predicted molar refractivity (Wildman–Crippen MR) is 93.7 cm³/mol. The standard InChI is InChI=1S/C9H9FN4.C6H13NO3S/c1-5(2)7-3-6(10)8-4-12-9(11)13-14(7)8;1-11(9,10)7-4-2-3-6(8)5-7/h3-4H,1H2,2H3,(H2,11,13);6,8H,2-5H2,1H3. The van der Waals surface area contributed by atoms with Crippen LogP contribution in [-0.4, -0.2) is 57.9 Å². The maximum absolute atomic E-state index is 13.3. The predicted octanol–water partition coefficient (Wildman–Crippen LogP) is 0.886. The summed E-state index contributed by atoms with van der Waals surface area (Å²) >= 11 is 0. The number of β-amino-alcohol motifs (C(OH)–C–C–N with tert-alkyl or cyclic N) is 1. The van der Waals surface area contributed by atoms with E-state index in [4.69, 9.17) is 10.8 Å². The van der Waals surface area contributed by atoms with E-state index in [1.807, 2.05) is 0 Å². The summed E-state index contributed by atoms with van der Waals surface area (Å²) in [4.78, 5) is 3.72. The minimum absolute atomic E-state index is 0.107. The van der Waals surface area contributed by atoms with Crippen LogP contribution >= 0.6 is 0 Å². The zero-order valence-electron chi connectivity index (χ0n) is 14.2. The van der Waals surface area contributed by atoms with E-state index in [1.54, 1.807) is 6.92 Å². The summed E-state index contributed by atoms with van der Waals surface area (Å²) in [6, 6.07) is 1.37. The molecule has 1 unspecified atom stereocenters. The Hall–Kier alpha value is -2.04. The third kappa shape index (κ3) is 4.74. The number of hydrogen-bond acceptors (Lipinski definition) is 6. The Kier molecular flexibility index (Phi) is 5.76. The van der Waals surface area contributed by atoms with Crippen LogP contribution in [0.2, 0.25) is 0 Å². The maximum Gasteiger partial charge on any atom is 0.238 e. The smallest absolute Gasteiger partial charge is 0.238 e. The Bertz CT molecular complexity index is 881. The van der Waals surface area contributed by atoms with E-state index in [0.29, 0.717) is 24.2 Å². The molecule has 138 valence electrons. The van der Waals surface area contributed by atoms with Crippen LogP contribution < -0.4 is 5.73 Å². The normalized spacial score (nSPS) is 18.6. The Labute approximate surface area is 145 Å². The molecule has 10 heteroatoms. The number of hydrogen-bond donors (Lipinski definition) is 2. The molecular formula is C15H22FN5O3S. The molecule has 1 aliphatic rings. The van der Waals surface area contributed by atoms with Crippen LogP contribution in [0.4, 0.5) is 10.3 Å². The summed E-state index contributed by atoms with van der Waals surface area (Å²) in [6.07, 6.45) is 3.52. The average Bonchev–Trinajstić information content (AvgIpc) is 2.84. The number of aliphatic hydroxyl groups excluding tert-OH is 1. The summed E-state index contributed by atoms with van der Waals surface area (Å²) in [7, 11) is -3.09. The van der Waals surface area contributed by atoms with Gasteiger partial charge in [0.05, 0.1) is 24.3 Å². The number of aliphatic hydroxyl groups is 1. The van der Waals surface area contributed by atoms with Gasteiger partial charge in [-0.2, -0.15) is 4.31 Å². The first-order chi connectivity index (χ1) is 11.6. The molecule has 3 heterocycles. The number of aromatic nitrogens is 3. The van der Waals surface area contributed by atoms with Crippen molar-refractivity contribution in [3.05, 3.63) is 30.4 Å². The van der Waals surface area contributed by atoms with Crippen molar-refractivity contribution >= 4 is 27.1 Å². The first-order valence-electron chi connectivity index (χ1n) is 7.68. The van der Waals surface area contributed by atoms with Crippen LogP contribution in [0, 0.1) is 5.82 Å². The largest absolute Gasteiger partial charge is 0.392 e. The van der Waals surface area contributed by atoms with Gasteiger partial charge in [-0.25, -0.2) is 22.3 Å². The topological polar surface area (TPSA) is 114 Å². The number of anilines is 1. The van der Waals surface area contributed by atoms with Crippen molar-refractivity contribution in [2.45, 2.75) is 25.9 Å². The van der Waals surface area contributed by atoms with Crippen LogP contribution in [-0.2, 0) is 10.0 Å². The number of nitrogens with two attached hydrogens (primary N) is 1. The van der Waals surface area contributed by atoms with E-state index in [1.165, 1.54) is 27.3 Å². The van der Waals surface area contributed by atoms with Crippen LogP contribution in [0.15, 0.2) is 18.8 Å². The minimum Gasteiger partial charge on any atom is -0.392 e. The van der Waals surface area contributed by atoms with E-state index in [0.717, 1.165) is 12.0 Å². The second-order valence-corrected chi connectivity index (χ2v) is 7.97. The van der Waals surface area contributed by atoms with E-state index in [9.17, 15) is 12.8 Å². The van der Waals surface area contributed by atoms with Crippen molar-refractivity contribution in [3.63, 3.8) is 0 Å². The Morgan fingerprint density at radius 2 is 2.20 bits per heavy atom. The molecule has 3 N–H and O–H groups in total. The van der Waals surface area contributed by atoms with Crippen molar-refractivity contribution in [3.8, 4) is 0 Å². The van der Waals surface area contributed by atoms with E-state index < -0.39 is 16.1 Å². The number of piperidine rings is 1. The summed E-state index contributed by atoms with van der Waals surface area (Å²) in [6.45, 7) is 6.32. The lowest BCUT2D eigenvalue weighted by molar-refractivity contribution is 0.108. The quantitative estimate of drug-likeness (QED) is 0.810. The third-order valence-corrected chi connectivity index (χ3v) is 5.02. The average molecular weight is 371 g/mol. The van der Waals surface area contributed by atoms with Gasteiger partial charge in [0.1, 0.15) is 5.52 Å². The van der Waals surface area contributed by atoms with Crippen molar-refractivity contribution in [2.75, 3.05) is 25.1 Å². The zero-order chi connectivity index (χ0) is 18.8. The molecule has 25 heavy (non-hydrogen) atoms. The molecule has 0 bridgehead atoms. The highest BCUT2D eigenvalue weighted by molar-refractivity contribution is 7.88. The van der Waals surface area contributed by atoms with Crippen molar-refractivity contribution in [1.82, 2.24) is 18.9 Å². The van der Waals surface area contributed by atoms with Gasteiger partial charge in [0.15, 0.2) is 5.82 Å². The highest BCUT2D eigenvalue weighted by Gasteiger charge is 2.23. The molecule has 1 aliphatic heterocycles. The molecule has 0 radical (unpaired) electrons. The molecule has 0 saturated carbocycles. The number of sulfonamides is 1. The van der Waals surface area contributed by atoms with Gasteiger partial charge in [-0.15, -0.1) is 5.10 Å². The molecule has 1 fully saturated rings. The van der Waals surface area contributed by atoms with Crippen LogP contribution in [0.25, 0.3) is 11.1 Å². The summed E-state index contributed by atoms with van der Waals surface area (Å²) < 4.78 is 37.9. The lowest BCUT2D eigenvalue weighted by atomic mass is 10.1. The molecule has 0 amide bonds. The first-order valence-corrected chi connectivity index (χ1v) is 9.53. The van der Waals surface area contributed by atoms with Gasteiger partial charge in [-0.1, -0.05) is 6.58 Å². The van der Waals surface area contributed by atoms with E-state index >= 15 is 0 Å². The number of allylic oxidation sites excluding steroid dienone is 1. The minimum atomic E-state index is -3.09. The second kappa shape index (κ2) is 7.46. The maximum atomic E-state index is 13.3. The zero-order valence-corrected chi connectivity index (χ0v) is 15.0. The van der Waals surface area contributed by atoms with Crippen molar-refractivity contribution in [1.29, 1.82) is 0 Å². The number of fused-ring (bicyclic) bond motifs is 1. The van der Waals surface area contributed by atoms with Crippen LogP contribution in [0.3, 0.4) is 0 Å². The molecule has 2 aromatic rings. The van der Waals surface area contributed by atoms with Gasteiger partial charge >= 0.3 is 0 Å². The third-order valence-electron chi connectivity index (χ3n) is 3.75. The monoisotopic (exact) mass is 371 g/mol. The SMILES string of the molecule is C=C(C)c1cc(F)c2cnc(N)nn12.CS(=O)(=O)N1CCCC(O)C1. The summed E-state index contributed by atoms with van der Waals surface area (Å²) in [5.41, 5.74) is 7.04. The molecule has 0 aliphatic carbocycles. The molecule has 1 saturated heterocycles. The fraction of sp³-hybridized carbons (Fsp3) is 0.467. The number of nitrogen functional groups attached to an aromatic ring is 1. The fourth-order valence-corrected chi connectivity index (χ4v) is 3.40. The summed E-state index contributed by atoms with van der Waals surface area (Å²) in [5.74, 6) is -0.265. The van der Waals surface area contributed by atoms with Gasteiger partial charge in [-0.3, -0.25) is 0 Å². The highest BCUT2D eigenvalue weighted by atomic mass is 32.2. The molecule has 8 nitrogen and oxygen atoms in total. The lowest BCUT2D eigenvalue weighted by Gasteiger charge is -2.27. The first kappa shape index (κ1) is 19.3. The van der Waals surface area contributed by atoms with Crippen LogP contribution in [0.1, 0.15) is 25.5 Å².